The topological polar surface area (TPSA) is 113 Å². The third-order valence-electron chi connectivity index (χ3n) is 3.44. The number of carbonyl (C=O) groups is 2. The molecule has 1 heterocycles. The van der Waals surface area contributed by atoms with E-state index in [0.717, 1.165) is 25.0 Å². The van der Waals surface area contributed by atoms with Crippen LogP contribution in [0.1, 0.15) is 24.8 Å². The summed E-state index contributed by atoms with van der Waals surface area (Å²) >= 11 is 0. The third kappa shape index (κ3) is 7.01. The minimum absolute atomic E-state index is 0.0651. The van der Waals surface area contributed by atoms with E-state index < -0.39 is 5.91 Å². The smallest absolute Gasteiger partial charge is 0.258 e. The highest BCUT2D eigenvalue weighted by atomic mass is 16.5. The molecule has 0 aromatic heterocycles. The Morgan fingerprint density at radius 2 is 2.16 bits per heavy atom. The van der Waals surface area contributed by atoms with E-state index in [-0.39, 0.29) is 25.0 Å². The fourth-order valence-corrected chi connectivity index (χ4v) is 2.17. The number of nitrogens with one attached hydrogen (secondary N) is 2. The van der Waals surface area contributed by atoms with Gasteiger partial charge in [-0.2, -0.15) is 10.4 Å². The molecule has 8 heteroatoms. The van der Waals surface area contributed by atoms with E-state index in [0.29, 0.717) is 12.3 Å². The van der Waals surface area contributed by atoms with Crippen LogP contribution in [0.3, 0.4) is 0 Å². The van der Waals surface area contributed by atoms with E-state index in [1.165, 1.54) is 6.21 Å². The average Bonchev–Trinajstić information content (AvgIpc) is 3.13. The van der Waals surface area contributed by atoms with E-state index in [9.17, 15) is 9.59 Å². The minimum atomic E-state index is -0.465. The van der Waals surface area contributed by atoms with Crippen molar-refractivity contribution in [2.75, 3.05) is 19.8 Å². The van der Waals surface area contributed by atoms with Crippen molar-refractivity contribution in [3.05, 3.63) is 29.8 Å². The van der Waals surface area contributed by atoms with Gasteiger partial charge in [0.05, 0.1) is 18.4 Å². The van der Waals surface area contributed by atoms with Gasteiger partial charge in [-0.1, -0.05) is 0 Å². The zero-order valence-electron chi connectivity index (χ0n) is 13.7. The van der Waals surface area contributed by atoms with Crippen molar-refractivity contribution < 1.29 is 19.1 Å². The molecule has 2 N–H and O–H groups in total. The first kappa shape index (κ1) is 18.4. The second-order valence-electron chi connectivity index (χ2n) is 5.42. The Hall–Kier alpha value is -2.92. The normalized spacial score (nSPS) is 16.4. The highest BCUT2D eigenvalue weighted by Gasteiger charge is 2.16. The van der Waals surface area contributed by atoms with Crippen LogP contribution in [-0.2, 0) is 14.3 Å². The molecule has 2 amide bonds. The average molecular weight is 344 g/mol. The molecule has 1 saturated heterocycles. The Balaban J connectivity index is 1.68. The number of benzene rings is 1. The predicted octanol–water partition coefficient (Wildman–Crippen LogP) is 0.724. The van der Waals surface area contributed by atoms with Gasteiger partial charge in [0.25, 0.3) is 11.8 Å². The van der Waals surface area contributed by atoms with Gasteiger partial charge in [0.1, 0.15) is 12.2 Å². The van der Waals surface area contributed by atoms with Crippen LogP contribution in [0.4, 0.5) is 0 Å². The van der Waals surface area contributed by atoms with Crippen LogP contribution >= 0.6 is 0 Å². The van der Waals surface area contributed by atoms with Crippen LogP contribution in [-0.4, -0.2) is 43.9 Å². The number of amides is 2. The Morgan fingerprint density at radius 1 is 1.36 bits per heavy atom. The Bertz CT molecular complexity index is 646. The van der Waals surface area contributed by atoms with Crippen molar-refractivity contribution >= 4 is 18.0 Å². The van der Waals surface area contributed by atoms with Crippen molar-refractivity contribution in [3.8, 4) is 11.8 Å². The van der Waals surface area contributed by atoms with Crippen molar-refractivity contribution in [1.29, 1.82) is 5.26 Å². The van der Waals surface area contributed by atoms with Crippen LogP contribution < -0.4 is 15.5 Å². The monoisotopic (exact) mass is 344 g/mol. The summed E-state index contributed by atoms with van der Waals surface area (Å²) in [6.07, 6.45) is 3.33. The van der Waals surface area contributed by atoms with Crippen LogP contribution in [0, 0.1) is 11.3 Å². The van der Waals surface area contributed by atoms with E-state index in [1.54, 1.807) is 30.3 Å². The second kappa shape index (κ2) is 10.1. The molecule has 0 radical (unpaired) electrons. The SMILES string of the molecule is N#CCC(=O)N/N=C\c1ccc(OCC(=O)NC[C@@H]2CCCO2)cc1. The van der Waals surface area contributed by atoms with E-state index in [4.69, 9.17) is 14.7 Å². The number of hydrogen-bond donors (Lipinski definition) is 2. The summed E-state index contributed by atoms with van der Waals surface area (Å²) in [5.74, 6) is -0.105. The Kier molecular flexibility index (Phi) is 7.41. The zero-order valence-corrected chi connectivity index (χ0v) is 13.7. The van der Waals surface area contributed by atoms with Crippen molar-refractivity contribution in [3.63, 3.8) is 0 Å². The van der Waals surface area contributed by atoms with Gasteiger partial charge < -0.3 is 14.8 Å². The van der Waals surface area contributed by atoms with Gasteiger partial charge in [-0.3, -0.25) is 9.59 Å². The lowest BCUT2D eigenvalue weighted by atomic mass is 10.2. The van der Waals surface area contributed by atoms with E-state index in [2.05, 4.69) is 15.8 Å². The standard InChI is InChI=1S/C17H20N4O4/c18-8-7-16(22)21-20-10-13-3-5-14(6-4-13)25-12-17(23)19-11-15-2-1-9-24-15/h3-6,10,15H,1-2,7,9,11-12H2,(H,19,23)(H,21,22)/b20-10-/t15-/m0/s1. The van der Waals surface area contributed by atoms with Gasteiger partial charge in [-0.15, -0.1) is 0 Å². The molecule has 1 atom stereocenters. The van der Waals surface area contributed by atoms with Crippen molar-refractivity contribution in [1.82, 2.24) is 10.7 Å². The van der Waals surface area contributed by atoms with Gasteiger partial charge in [0, 0.05) is 13.2 Å². The van der Waals surface area contributed by atoms with Crippen LogP contribution in [0.5, 0.6) is 5.75 Å². The van der Waals surface area contributed by atoms with Gasteiger partial charge in [-0.05, 0) is 42.7 Å². The number of hydrogen-bond acceptors (Lipinski definition) is 6. The molecular formula is C17H20N4O4. The number of rotatable bonds is 8. The minimum Gasteiger partial charge on any atom is -0.484 e. The molecule has 0 unspecified atom stereocenters. The molecule has 1 aliphatic heterocycles. The van der Waals surface area contributed by atoms with Gasteiger partial charge in [0.2, 0.25) is 0 Å². The van der Waals surface area contributed by atoms with Crippen molar-refractivity contribution in [2.24, 2.45) is 5.10 Å². The maximum absolute atomic E-state index is 11.7. The second-order valence-corrected chi connectivity index (χ2v) is 5.42. The molecule has 132 valence electrons. The number of ether oxygens (including phenoxy) is 2. The summed E-state index contributed by atoms with van der Waals surface area (Å²) in [4.78, 5) is 22.8. The molecule has 2 rings (SSSR count). The molecule has 1 aliphatic rings. The van der Waals surface area contributed by atoms with Crippen molar-refractivity contribution in [2.45, 2.75) is 25.4 Å². The third-order valence-corrected chi connectivity index (χ3v) is 3.44. The van der Waals surface area contributed by atoms with Crippen LogP contribution in [0.15, 0.2) is 29.4 Å². The summed E-state index contributed by atoms with van der Waals surface area (Å²) in [7, 11) is 0. The first-order valence-corrected chi connectivity index (χ1v) is 7.97. The number of nitrogens with zero attached hydrogens (tertiary/aromatic N) is 2. The fourth-order valence-electron chi connectivity index (χ4n) is 2.17. The Morgan fingerprint density at radius 3 is 2.84 bits per heavy atom. The first-order chi connectivity index (χ1) is 12.2. The highest BCUT2D eigenvalue weighted by molar-refractivity contribution is 5.83. The predicted molar refractivity (Wildman–Crippen MR) is 89.9 cm³/mol. The summed E-state index contributed by atoms with van der Waals surface area (Å²) in [5.41, 5.74) is 2.98. The number of hydrazone groups is 1. The largest absolute Gasteiger partial charge is 0.484 e. The number of nitriles is 1. The quantitative estimate of drug-likeness (QED) is 0.533. The maximum atomic E-state index is 11.7. The van der Waals surface area contributed by atoms with E-state index in [1.807, 2.05) is 0 Å². The van der Waals surface area contributed by atoms with Crippen LogP contribution in [0.2, 0.25) is 0 Å². The fraction of sp³-hybridized carbons (Fsp3) is 0.412. The zero-order chi connectivity index (χ0) is 17.9. The van der Waals surface area contributed by atoms with Gasteiger partial charge >= 0.3 is 0 Å². The summed E-state index contributed by atoms with van der Waals surface area (Å²) in [6, 6.07) is 8.60. The molecule has 0 spiro atoms. The molecular weight excluding hydrogens is 324 g/mol. The maximum Gasteiger partial charge on any atom is 0.258 e. The molecule has 25 heavy (non-hydrogen) atoms. The van der Waals surface area contributed by atoms with Gasteiger partial charge in [-0.25, -0.2) is 5.43 Å². The molecule has 0 bridgehead atoms. The summed E-state index contributed by atoms with van der Waals surface area (Å²) in [6.45, 7) is 1.20. The summed E-state index contributed by atoms with van der Waals surface area (Å²) < 4.78 is 10.8. The molecule has 8 nitrogen and oxygen atoms in total. The molecule has 0 aliphatic carbocycles. The molecule has 1 fully saturated rings. The highest BCUT2D eigenvalue weighted by Crippen LogP contribution is 2.12. The van der Waals surface area contributed by atoms with Crippen LogP contribution in [0.25, 0.3) is 0 Å². The Labute approximate surface area is 145 Å². The molecule has 0 saturated carbocycles. The number of carbonyl (C=O) groups excluding carboxylic acids is 2. The van der Waals surface area contributed by atoms with E-state index >= 15 is 0 Å². The lowest BCUT2D eigenvalue weighted by molar-refractivity contribution is -0.123. The molecule has 1 aromatic rings. The first-order valence-electron chi connectivity index (χ1n) is 7.97. The summed E-state index contributed by atoms with van der Waals surface area (Å²) in [5, 5.41) is 14.9. The lowest BCUT2D eigenvalue weighted by Gasteiger charge is -2.11. The molecule has 1 aromatic carbocycles. The lowest BCUT2D eigenvalue weighted by Crippen LogP contribution is -2.35. The van der Waals surface area contributed by atoms with Gasteiger partial charge in [0.15, 0.2) is 6.61 Å².